The Morgan fingerprint density at radius 3 is 2.43 bits per heavy atom. The van der Waals surface area contributed by atoms with Gasteiger partial charge in [-0.1, -0.05) is 40.0 Å². The van der Waals surface area contributed by atoms with E-state index in [1.54, 1.807) is 14.2 Å². The summed E-state index contributed by atoms with van der Waals surface area (Å²) in [6.45, 7) is 9.00. The number of methoxy groups -OCH3 is 1. The first-order valence-electron chi connectivity index (χ1n) is 9.06. The number of rotatable bonds is 8. The van der Waals surface area contributed by atoms with E-state index in [1.807, 2.05) is 0 Å². The van der Waals surface area contributed by atoms with Crippen molar-refractivity contribution in [3.05, 3.63) is 0 Å². The highest BCUT2D eigenvalue weighted by molar-refractivity contribution is 5.79. The third-order valence-corrected chi connectivity index (χ3v) is 4.45. The molecule has 0 aromatic heterocycles. The zero-order chi connectivity index (χ0) is 17.1. The van der Waals surface area contributed by atoms with E-state index in [4.69, 9.17) is 9.47 Å². The summed E-state index contributed by atoms with van der Waals surface area (Å²) in [4.78, 5) is 4.26. The third kappa shape index (κ3) is 8.56. The molecule has 0 aromatic carbocycles. The van der Waals surface area contributed by atoms with Crippen molar-refractivity contribution in [3.63, 3.8) is 0 Å². The molecule has 1 rings (SSSR count). The first kappa shape index (κ1) is 20.2. The van der Waals surface area contributed by atoms with Gasteiger partial charge in [-0.25, -0.2) is 0 Å². The smallest absolute Gasteiger partial charge is 0.191 e. The molecule has 0 saturated heterocycles. The fraction of sp³-hybridized carbons (Fsp3) is 0.944. The molecule has 2 N–H and O–H groups in total. The maximum absolute atomic E-state index is 5.94. The van der Waals surface area contributed by atoms with Crippen molar-refractivity contribution in [2.24, 2.45) is 10.4 Å². The Kier molecular flexibility index (Phi) is 9.56. The lowest BCUT2D eigenvalue weighted by Gasteiger charge is -2.30. The number of aliphatic imine (C=N–C) groups is 1. The minimum absolute atomic E-state index is 0.106. The van der Waals surface area contributed by atoms with Crippen molar-refractivity contribution in [2.45, 2.75) is 71.5 Å². The summed E-state index contributed by atoms with van der Waals surface area (Å²) in [5, 5.41) is 6.68. The van der Waals surface area contributed by atoms with Crippen LogP contribution in [0.3, 0.4) is 0 Å². The van der Waals surface area contributed by atoms with E-state index in [-0.39, 0.29) is 11.5 Å². The lowest BCUT2D eigenvalue weighted by molar-refractivity contribution is 0.0204. The van der Waals surface area contributed by atoms with Crippen LogP contribution in [0.5, 0.6) is 0 Å². The van der Waals surface area contributed by atoms with Gasteiger partial charge in [0.1, 0.15) is 0 Å². The van der Waals surface area contributed by atoms with Crippen LogP contribution < -0.4 is 10.6 Å². The van der Waals surface area contributed by atoms with Gasteiger partial charge < -0.3 is 20.1 Å². The highest BCUT2D eigenvalue weighted by atomic mass is 16.5. The van der Waals surface area contributed by atoms with E-state index >= 15 is 0 Å². The minimum atomic E-state index is 0.106. The number of ether oxygens (including phenoxy) is 2. The van der Waals surface area contributed by atoms with Crippen molar-refractivity contribution >= 4 is 5.96 Å². The number of hydrogen-bond donors (Lipinski definition) is 2. The van der Waals surface area contributed by atoms with Crippen LogP contribution in [0.1, 0.15) is 59.3 Å². The molecule has 0 amide bonds. The molecule has 1 atom stereocenters. The molecular formula is C18H37N3O2. The second kappa shape index (κ2) is 10.9. The molecule has 5 heteroatoms. The molecular weight excluding hydrogens is 290 g/mol. The second-order valence-corrected chi connectivity index (χ2v) is 7.45. The molecule has 0 spiro atoms. The van der Waals surface area contributed by atoms with E-state index in [2.05, 4.69) is 36.4 Å². The molecule has 0 aliphatic heterocycles. The van der Waals surface area contributed by atoms with E-state index < -0.39 is 0 Å². The molecule has 1 saturated carbocycles. The van der Waals surface area contributed by atoms with Gasteiger partial charge in [-0.15, -0.1) is 0 Å². The highest BCUT2D eigenvalue weighted by Gasteiger charge is 2.24. The lowest BCUT2D eigenvalue weighted by Crippen LogP contribution is -2.45. The van der Waals surface area contributed by atoms with Crippen molar-refractivity contribution in [1.29, 1.82) is 0 Å². The Morgan fingerprint density at radius 1 is 1.17 bits per heavy atom. The third-order valence-electron chi connectivity index (χ3n) is 4.45. The van der Waals surface area contributed by atoms with E-state index in [1.165, 1.54) is 32.1 Å². The zero-order valence-corrected chi connectivity index (χ0v) is 15.8. The Bertz CT molecular complexity index is 334. The Hall–Kier alpha value is -0.810. The van der Waals surface area contributed by atoms with Crippen molar-refractivity contribution in [2.75, 3.05) is 33.9 Å². The molecule has 1 unspecified atom stereocenters. The topological polar surface area (TPSA) is 54.9 Å². The van der Waals surface area contributed by atoms with E-state index in [0.717, 1.165) is 32.1 Å². The normalized spacial score (nSPS) is 18.7. The van der Waals surface area contributed by atoms with Crippen LogP contribution in [0.2, 0.25) is 0 Å². The van der Waals surface area contributed by atoms with Gasteiger partial charge in [-0.2, -0.15) is 0 Å². The number of nitrogens with one attached hydrogen (secondary N) is 2. The van der Waals surface area contributed by atoms with Crippen molar-refractivity contribution in [1.82, 2.24) is 10.6 Å². The standard InChI is InChI=1S/C18H37N3O2/c1-18(2,3)16(22-5)14-21-17(19-4)20-12-9-13-23-15-10-7-6-8-11-15/h15-16H,6-14H2,1-5H3,(H2,19,20,21). The highest BCUT2D eigenvalue weighted by Crippen LogP contribution is 2.21. The van der Waals surface area contributed by atoms with Crippen LogP contribution >= 0.6 is 0 Å². The molecule has 1 aliphatic carbocycles. The first-order valence-corrected chi connectivity index (χ1v) is 9.06. The average Bonchev–Trinajstić information content (AvgIpc) is 2.53. The summed E-state index contributed by atoms with van der Waals surface area (Å²) in [6.07, 6.45) is 8.15. The molecule has 1 fully saturated rings. The van der Waals surface area contributed by atoms with Crippen LogP contribution in [-0.2, 0) is 9.47 Å². The Morgan fingerprint density at radius 2 is 1.87 bits per heavy atom. The molecule has 0 radical (unpaired) electrons. The van der Waals surface area contributed by atoms with Crippen LogP contribution in [0.4, 0.5) is 0 Å². The van der Waals surface area contributed by atoms with Gasteiger partial charge in [0, 0.05) is 33.9 Å². The van der Waals surface area contributed by atoms with E-state index in [0.29, 0.717) is 6.10 Å². The molecule has 5 nitrogen and oxygen atoms in total. The van der Waals surface area contributed by atoms with Crippen LogP contribution in [-0.4, -0.2) is 52.0 Å². The maximum atomic E-state index is 5.94. The SMILES string of the molecule is CN=C(NCCCOC1CCCCC1)NCC(OC)C(C)(C)C. The van der Waals surface area contributed by atoms with E-state index in [9.17, 15) is 0 Å². The summed E-state index contributed by atoms with van der Waals surface area (Å²) in [5.41, 5.74) is 0.106. The van der Waals surface area contributed by atoms with Crippen LogP contribution in [0.25, 0.3) is 0 Å². The number of nitrogens with zero attached hydrogens (tertiary/aromatic N) is 1. The van der Waals surface area contributed by atoms with Gasteiger partial charge in [0.15, 0.2) is 5.96 Å². The quantitative estimate of drug-likeness (QED) is 0.409. The predicted octanol–water partition coefficient (Wildman–Crippen LogP) is 2.95. The fourth-order valence-electron chi connectivity index (χ4n) is 2.91. The maximum Gasteiger partial charge on any atom is 0.191 e. The fourth-order valence-corrected chi connectivity index (χ4v) is 2.91. The minimum Gasteiger partial charge on any atom is -0.379 e. The molecule has 0 bridgehead atoms. The molecule has 136 valence electrons. The molecule has 0 heterocycles. The summed E-state index contributed by atoms with van der Waals surface area (Å²) in [5.74, 6) is 0.828. The largest absolute Gasteiger partial charge is 0.379 e. The monoisotopic (exact) mass is 327 g/mol. The molecule has 23 heavy (non-hydrogen) atoms. The lowest BCUT2D eigenvalue weighted by atomic mass is 9.89. The van der Waals surface area contributed by atoms with Gasteiger partial charge in [-0.05, 0) is 24.7 Å². The molecule has 1 aliphatic rings. The van der Waals surface area contributed by atoms with Crippen LogP contribution in [0.15, 0.2) is 4.99 Å². The Balaban J connectivity index is 2.13. The van der Waals surface area contributed by atoms with Crippen LogP contribution in [0, 0.1) is 5.41 Å². The molecule has 0 aromatic rings. The summed E-state index contributed by atoms with van der Waals surface area (Å²) in [6, 6.07) is 0. The zero-order valence-electron chi connectivity index (χ0n) is 15.8. The predicted molar refractivity (Wildman–Crippen MR) is 97.1 cm³/mol. The van der Waals surface area contributed by atoms with Gasteiger partial charge in [0.2, 0.25) is 0 Å². The summed E-state index contributed by atoms with van der Waals surface area (Å²) < 4.78 is 11.5. The number of hydrogen-bond acceptors (Lipinski definition) is 3. The Labute approximate surface area is 142 Å². The second-order valence-electron chi connectivity index (χ2n) is 7.45. The first-order chi connectivity index (χ1) is 11.0. The summed E-state index contributed by atoms with van der Waals surface area (Å²) >= 11 is 0. The van der Waals surface area contributed by atoms with Crippen molar-refractivity contribution < 1.29 is 9.47 Å². The summed E-state index contributed by atoms with van der Waals surface area (Å²) in [7, 11) is 3.56. The average molecular weight is 328 g/mol. The van der Waals surface area contributed by atoms with Gasteiger partial charge >= 0.3 is 0 Å². The van der Waals surface area contributed by atoms with Crippen molar-refractivity contribution in [3.8, 4) is 0 Å². The van der Waals surface area contributed by atoms with Gasteiger partial charge in [0.25, 0.3) is 0 Å². The number of guanidine groups is 1. The van der Waals surface area contributed by atoms with Gasteiger partial charge in [-0.3, -0.25) is 4.99 Å². The van der Waals surface area contributed by atoms with Gasteiger partial charge in [0.05, 0.1) is 12.2 Å².